The van der Waals surface area contributed by atoms with Gasteiger partial charge in [0.05, 0.1) is 6.04 Å². The molecule has 11 heteroatoms. The average molecular weight is 698 g/mol. The van der Waals surface area contributed by atoms with Crippen LogP contribution in [0.4, 0.5) is 0 Å². The van der Waals surface area contributed by atoms with Crippen LogP contribution in [0.3, 0.4) is 0 Å². The first-order valence-electron chi connectivity index (χ1n) is 16.6. The lowest BCUT2D eigenvalue weighted by Gasteiger charge is -2.37. The molecule has 5 heterocycles. The molecule has 0 bridgehead atoms. The molecular formula is C36H42Cl2N4O4S. The summed E-state index contributed by atoms with van der Waals surface area (Å²) < 4.78 is 12.1. The molecule has 47 heavy (non-hydrogen) atoms. The van der Waals surface area contributed by atoms with E-state index in [1.54, 1.807) is 0 Å². The fourth-order valence-electron chi connectivity index (χ4n) is 8.13. The Morgan fingerprint density at radius 2 is 1.55 bits per heavy atom. The molecule has 2 aromatic carbocycles. The van der Waals surface area contributed by atoms with E-state index in [1.807, 2.05) is 72.2 Å². The molecule has 2 aromatic rings. The summed E-state index contributed by atoms with van der Waals surface area (Å²) in [6.45, 7) is 13.3. The first-order chi connectivity index (χ1) is 22.3. The molecule has 2 amide bonds. The summed E-state index contributed by atoms with van der Waals surface area (Å²) in [4.78, 5) is 41.0. The number of thioether (sulfide) groups is 1. The summed E-state index contributed by atoms with van der Waals surface area (Å²) in [5.74, 6) is -0.731. The van der Waals surface area contributed by atoms with Gasteiger partial charge in [0, 0.05) is 34.9 Å². The van der Waals surface area contributed by atoms with E-state index in [1.165, 1.54) is 11.8 Å². The Kier molecular flexibility index (Phi) is 8.48. The molecule has 0 N–H and O–H groups in total. The molecule has 250 valence electrons. The van der Waals surface area contributed by atoms with Gasteiger partial charge in [-0.1, -0.05) is 68.2 Å². The van der Waals surface area contributed by atoms with Crippen LogP contribution in [0.2, 0.25) is 10.0 Å². The molecule has 0 aliphatic carbocycles. The number of carbonyl (C=O) groups is 2. The molecule has 0 radical (unpaired) electrons. The zero-order valence-corrected chi connectivity index (χ0v) is 30.0. The van der Waals surface area contributed by atoms with E-state index in [9.17, 15) is 9.59 Å². The van der Waals surface area contributed by atoms with Crippen molar-refractivity contribution >= 4 is 51.9 Å². The molecule has 6 atom stereocenters. The number of likely N-dealkylation sites (tertiary alicyclic amines) is 2. The zero-order valence-electron chi connectivity index (χ0n) is 27.7. The van der Waals surface area contributed by atoms with Crippen LogP contribution in [0.15, 0.2) is 64.1 Å². The Morgan fingerprint density at radius 3 is 2.13 bits per heavy atom. The number of aliphatic imine (C=N–C) groups is 1. The second kappa shape index (κ2) is 12.1. The minimum atomic E-state index is -0.653. The third-order valence-corrected chi connectivity index (χ3v) is 11.8. The second-order valence-electron chi connectivity index (χ2n) is 14.2. The van der Waals surface area contributed by atoms with E-state index in [-0.39, 0.29) is 42.0 Å². The van der Waals surface area contributed by atoms with Crippen LogP contribution in [-0.4, -0.2) is 74.8 Å². The Morgan fingerprint density at radius 1 is 0.957 bits per heavy atom. The lowest BCUT2D eigenvalue weighted by molar-refractivity contribution is -0.162. The summed E-state index contributed by atoms with van der Waals surface area (Å²) in [5, 5.41) is 2.11. The van der Waals surface area contributed by atoms with E-state index in [0.717, 1.165) is 34.8 Å². The van der Waals surface area contributed by atoms with Gasteiger partial charge in [-0.15, -0.1) is 0 Å². The maximum Gasteiger partial charge on any atom is 0.263 e. The van der Waals surface area contributed by atoms with Crippen molar-refractivity contribution in [3.05, 3.63) is 80.3 Å². The van der Waals surface area contributed by atoms with E-state index in [0.29, 0.717) is 34.5 Å². The number of allylic oxidation sites excluding steroid dienone is 1. The molecule has 3 fully saturated rings. The summed E-state index contributed by atoms with van der Waals surface area (Å²) in [6.07, 6.45) is 1.92. The summed E-state index contributed by atoms with van der Waals surface area (Å²) in [7, 11) is 0. The van der Waals surface area contributed by atoms with Gasteiger partial charge in [-0.3, -0.25) is 9.59 Å². The molecule has 0 saturated carbocycles. The number of ether oxygens (including phenoxy) is 2. The van der Waals surface area contributed by atoms with Gasteiger partial charge < -0.3 is 24.2 Å². The number of amides is 2. The van der Waals surface area contributed by atoms with Crippen molar-refractivity contribution in [2.24, 2.45) is 10.9 Å². The van der Waals surface area contributed by atoms with Gasteiger partial charge in [0.1, 0.15) is 28.7 Å². The highest BCUT2D eigenvalue weighted by molar-refractivity contribution is 8.18. The van der Waals surface area contributed by atoms with Crippen molar-refractivity contribution < 1.29 is 19.1 Å². The van der Waals surface area contributed by atoms with Crippen molar-refractivity contribution in [1.82, 2.24) is 14.7 Å². The van der Waals surface area contributed by atoms with Gasteiger partial charge >= 0.3 is 0 Å². The van der Waals surface area contributed by atoms with Gasteiger partial charge in [-0.05, 0) is 93.1 Å². The monoisotopic (exact) mass is 696 g/mol. The predicted molar refractivity (Wildman–Crippen MR) is 186 cm³/mol. The first kappa shape index (κ1) is 33.0. The largest absolute Gasteiger partial charge is 0.343 e. The third kappa shape index (κ3) is 5.60. The van der Waals surface area contributed by atoms with Crippen molar-refractivity contribution in [3.63, 3.8) is 0 Å². The number of hydrogen-bond acceptors (Lipinski definition) is 7. The minimum absolute atomic E-state index is 0.0176. The second-order valence-corrected chi connectivity index (χ2v) is 16.0. The van der Waals surface area contributed by atoms with E-state index >= 15 is 0 Å². The van der Waals surface area contributed by atoms with Crippen LogP contribution < -0.4 is 0 Å². The molecule has 5 aliphatic rings. The zero-order chi connectivity index (χ0) is 33.4. The molecular weight excluding hydrogens is 655 g/mol. The summed E-state index contributed by atoms with van der Waals surface area (Å²) in [6, 6.07) is 15.0. The number of fused-ring (bicyclic) bond motifs is 2. The van der Waals surface area contributed by atoms with Crippen molar-refractivity contribution in [2.75, 3.05) is 13.1 Å². The third-order valence-electron chi connectivity index (χ3n) is 10.3. The molecule has 3 saturated heterocycles. The Balaban J connectivity index is 1.24. The SMILES string of the molecule is CC[C@@H]1CC[C@@H](C(=O)N2C[C@@H]3OC(C)(C)O[C@@H]3C2)N1C(=O)C1=C(C(C)C)N2C(=N[C@@](C)(c3ccc(Cl)cc3)[C@H]2c2ccc(Cl)cc2)S1. The van der Waals surface area contributed by atoms with Crippen molar-refractivity contribution in [3.8, 4) is 0 Å². The molecule has 0 spiro atoms. The topological polar surface area (TPSA) is 74.7 Å². The van der Waals surface area contributed by atoms with Crippen LogP contribution in [0.5, 0.6) is 0 Å². The van der Waals surface area contributed by atoms with Gasteiger partial charge in [-0.25, -0.2) is 4.99 Å². The number of amidine groups is 1. The number of rotatable bonds is 6. The first-order valence-corrected chi connectivity index (χ1v) is 18.2. The van der Waals surface area contributed by atoms with E-state index in [2.05, 4.69) is 32.6 Å². The normalized spacial score (nSPS) is 31.2. The van der Waals surface area contributed by atoms with Gasteiger partial charge in [0.2, 0.25) is 5.91 Å². The highest BCUT2D eigenvalue weighted by atomic mass is 35.5. The van der Waals surface area contributed by atoms with Crippen LogP contribution in [-0.2, 0) is 24.6 Å². The fourth-order valence-corrected chi connectivity index (χ4v) is 9.74. The summed E-state index contributed by atoms with van der Waals surface area (Å²) >= 11 is 14.1. The Bertz CT molecular complexity index is 1630. The number of nitrogens with zero attached hydrogens (tertiary/aromatic N) is 4. The van der Waals surface area contributed by atoms with Crippen LogP contribution >= 0.6 is 35.0 Å². The molecule has 8 nitrogen and oxygen atoms in total. The Hall–Kier alpha value is -2.56. The predicted octanol–water partition coefficient (Wildman–Crippen LogP) is 7.37. The lowest BCUT2D eigenvalue weighted by Crippen LogP contribution is -2.50. The van der Waals surface area contributed by atoms with Gasteiger partial charge in [-0.2, -0.15) is 0 Å². The highest BCUT2D eigenvalue weighted by Crippen LogP contribution is 2.56. The van der Waals surface area contributed by atoms with E-state index < -0.39 is 17.4 Å². The van der Waals surface area contributed by atoms with Crippen molar-refractivity contribution in [1.29, 1.82) is 0 Å². The molecule has 0 unspecified atom stereocenters. The minimum Gasteiger partial charge on any atom is -0.343 e. The highest BCUT2D eigenvalue weighted by Gasteiger charge is 2.55. The Labute approximate surface area is 291 Å². The number of hydrogen-bond donors (Lipinski definition) is 0. The van der Waals surface area contributed by atoms with Crippen LogP contribution in [0.25, 0.3) is 0 Å². The van der Waals surface area contributed by atoms with E-state index in [4.69, 9.17) is 37.7 Å². The molecule has 0 aromatic heterocycles. The maximum atomic E-state index is 14.8. The summed E-state index contributed by atoms with van der Waals surface area (Å²) in [5.41, 5.74) is 2.36. The van der Waals surface area contributed by atoms with Crippen molar-refractivity contribution in [2.45, 2.75) is 102 Å². The maximum absolute atomic E-state index is 14.8. The van der Waals surface area contributed by atoms with Gasteiger partial charge in [0.15, 0.2) is 11.0 Å². The smallest absolute Gasteiger partial charge is 0.263 e. The molecule has 5 aliphatic heterocycles. The number of carbonyl (C=O) groups excluding carboxylic acids is 2. The molecule has 7 rings (SSSR count). The quantitative estimate of drug-likeness (QED) is 0.314. The van der Waals surface area contributed by atoms with Crippen LogP contribution in [0.1, 0.15) is 78.0 Å². The number of benzene rings is 2. The average Bonchev–Trinajstić information content (AvgIpc) is 3.81. The van der Waals surface area contributed by atoms with Crippen LogP contribution in [0, 0.1) is 5.92 Å². The fraction of sp³-hybridized carbons (Fsp3) is 0.528. The standard InChI is InChI=1S/C36H42Cl2N4O4S/c1-7-25-16-17-26(32(43)40-18-27-28(19-40)46-35(4,5)45-27)41(25)33(44)30-29(20(2)3)42-31(21-8-12-23(37)13-9-21)36(6,39-34(42)47-30)22-10-14-24(38)15-11-22/h8-15,20,25-28,31H,7,16-19H2,1-6H3/t25-,26+,27-,28+,31-,36+/m1/s1. The number of halogens is 2. The van der Waals surface area contributed by atoms with Gasteiger partial charge in [0.25, 0.3) is 5.91 Å². The lowest BCUT2D eigenvalue weighted by atomic mass is 9.81.